The molecule has 2 aromatic carbocycles. The zero-order chi connectivity index (χ0) is 24.9. The SMILES string of the molecule is O=C(CO)NCCc1ccc(NC(=O)Cc2ccc3c(c2)CN(C2CCC(=O)NC2=O)C3=O)cc1. The number of fused-ring (bicyclic) bond motifs is 1. The number of imide groups is 1. The molecule has 0 radical (unpaired) electrons. The molecule has 1 unspecified atom stereocenters. The minimum atomic E-state index is -0.673. The van der Waals surface area contributed by atoms with Crippen LogP contribution in [0.5, 0.6) is 0 Å². The first-order valence-corrected chi connectivity index (χ1v) is 11.4. The zero-order valence-corrected chi connectivity index (χ0v) is 19.0. The molecule has 10 nitrogen and oxygen atoms in total. The van der Waals surface area contributed by atoms with E-state index in [9.17, 15) is 24.0 Å². The number of carbonyl (C=O) groups is 5. The minimum Gasteiger partial charge on any atom is -0.387 e. The monoisotopic (exact) mass is 478 g/mol. The maximum Gasteiger partial charge on any atom is 0.255 e. The number of anilines is 1. The van der Waals surface area contributed by atoms with Gasteiger partial charge in [0.25, 0.3) is 5.91 Å². The third-order valence-electron chi connectivity index (χ3n) is 6.07. The normalized spacial score (nSPS) is 17.1. The van der Waals surface area contributed by atoms with Gasteiger partial charge in [0.15, 0.2) is 0 Å². The zero-order valence-electron chi connectivity index (χ0n) is 19.0. The van der Waals surface area contributed by atoms with E-state index in [2.05, 4.69) is 16.0 Å². The van der Waals surface area contributed by atoms with Crippen molar-refractivity contribution in [3.63, 3.8) is 0 Å². The van der Waals surface area contributed by atoms with Gasteiger partial charge in [0.05, 0.1) is 6.42 Å². The summed E-state index contributed by atoms with van der Waals surface area (Å²) in [5.41, 5.74) is 3.62. The number of piperidine rings is 1. The Bertz CT molecular complexity index is 1180. The Balaban J connectivity index is 1.32. The molecule has 182 valence electrons. The van der Waals surface area contributed by atoms with Crippen LogP contribution >= 0.6 is 0 Å². The molecule has 4 rings (SSSR count). The predicted octanol–water partition coefficient (Wildman–Crippen LogP) is 0.280. The summed E-state index contributed by atoms with van der Waals surface area (Å²) in [5.74, 6) is -1.66. The lowest BCUT2D eigenvalue weighted by Crippen LogP contribution is -2.52. The smallest absolute Gasteiger partial charge is 0.255 e. The summed E-state index contributed by atoms with van der Waals surface area (Å²) in [6, 6.07) is 11.8. The third-order valence-corrected chi connectivity index (χ3v) is 6.07. The summed E-state index contributed by atoms with van der Waals surface area (Å²) in [7, 11) is 0. The van der Waals surface area contributed by atoms with E-state index in [0.717, 1.165) is 16.7 Å². The van der Waals surface area contributed by atoms with Gasteiger partial charge in [-0.3, -0.25) is 29.3 Å². The van der Waals surface area contributed by atoms with Crippen molar-refractivity contribution in [3.05, 3.63) is 64.7 Å². The van der Waals surface area contributed by atoms with Crippen molar-refractivity contribution >= 4 is 35.2 Å². The highest BCUT2D eigenvalue weighted by molar-refractivity contribution is 6.05. The number of amides is 5. The number of hydrogen-bond acceptors (Lipinski definition) is 6. The van der Waals surface area contributed by atoms with Crippen LogP contribution in [0.2, 0.25) is 0 Å². The minimum absolute atomic E-state index is 0.120. The molecule has 1 atom stereocenters. The van der Waals surface area contributed by atoms with Crippen molar-refractivity contribution in [2.24, 2.45) is 0 Å². The number of benzene rings is 2. The fraction of sp³-hybridized carbons (Fsp3) is 0.320. The summed E-state index contributed by atoms with van der Waals surface area (Å²) in [4.78, 5) is 61.5. The van der Waals surface area contributed by atoms with Gasteiger partial charge in [-0.05, 0) is 47.7 Å². The summed E-state index contributed by atoms with van der Waals surface area (Å²) < 4.78 is 0. The quantitative estimate of drug-likeness (QED) is 0.401. The summed E-state index contributed by atoms with van der Waals surface area (Å²) in [6.07, 6.45) is 1.22. The van der Waals surface area contributed by atoms with Crippen molar-refractivity contribution in [3.8, 4) is 0 Å². The number of nitrogens with one attached hydrogen (secondary N) is 3. The predicted molar refractivity (Wildman–Crippen MR) is 125 cm³/mol. The van der Waals surface area contributed by atoms with Crippen LogP contribution in [-0.2, 0) is 38.6 Å². The van der Waals surface area contributed by atoms with Crippen molar-refractivity contribution in [1.82, 2.24) is 15.5 Å². The second-order valence-corrected chi connectivity index (χ2v) is 8.57. The lowest BCUT2D eigenvalue weighted by molar-refractivity contribution is -0.137. The molecule has 2 aliphatic heterocycles. The van der Waals surface area contributed by atoms with E-state index < -0.39 is 24.5 Å². The van der Waals surface area contributed by atoms with E-state index in [1.54, 1.807) is 24.3 Å². The van der Waals surface area contributed by atoms with Crippen molar-refractivity contribution in [2.75, 3.05) is 18.5 Å². The Morgan fingerprint density at radius 3 is 2.49 bits per heavy atom. The molecular formula is C25H26N4O6. The number of rotatable bonds is 8. The fourth-order valence-electron chi connectivity index (χ4n) is 4.29. The van der Waals surface area contributed by atoms with E-state index in [0.29, 0.717) is 30.6 Å². The van der Waals surface area contributed by atoms with E-state index in [1.165, 1.54) is 4.90 Å². The molecule has 2 heterocycles. The highest BCUT2D eigenvalue weighted by Crippen LogP contribution is 2.28. The molecule has 0 spiro atoms. The Morgan fingerprint density at radius 2 is 1.77 bits per heavy atom. The first-order chi connectivity index (χ1) is 16.8. The van der Waals surface area contributed by atoms with Gasteiger partial charge >= 0.3 is 0 Å². The molecule has 1 fully saturated rings. The van der Waals surface area contributed by atoms with Gasteiger partial charge in [-0.1, -0.05) is 24.3 Å². The number of aliphatic hydroxyl groups is 1. The van der Waals surface area contributed by atoms with E-state index in [1.807, 2.05) is 18.2 Å². The van der Waals surface area contributed by atoms with E-state index >= 15 is 0 Å². The van der Waals surface area contributed by atoms with E-state index in [4.69, 9.17) is 5.11 Å². The molecule has 2 aromatic rings. The van der Waals surface area contributed by atoms with Gasteiger partial charge in [0.2, 0.25) is 23.6 Å². The first kappa shape index (κ1) is 24.1. The summed E-state index contributed by atoms with van der Waals surface area (Å²) in [6.45, 7) is 0.132. The average Bonchev–Trinajstić information content (AvgIpc) is 3.15. The van der Waals surface area contributed by atoms with Crippen molar-refractivity contribution in [1.29, 1.82) is 0 Å². The largest absolute Gasteiger partial charge is 0.387 e. The number of aliphatic hydroxyl groups excluding tert-OH is 1. The van der Waals surface area contributed by atoms with Crippen LogP contribution < -0.4 is 16.0 Å². The molecular weight excluding hydrogens is 452 g/mol. The van der Waals surface area contributed by atoms with Crippen LogP contribution in [0.15, 0.2) is 42.5 Å². The number of nitrogens with zero attached hydrogens (tertiary/aromatic N) is 1. The van der Waals surface area contributed by atoms with Gasteiger partial charge in [0.1, 0.15) is 12.6 Å². The Kier molecular flexibility index (Phi) is 7.21. The molecule has 5 amide bonds. The molecule has 0 bridgehead atoms. The summed E-state index contributed by atoms with van der Waals surface area (Å²) in [5, 5.41) is 16.4. The molecule has 4 N–H and O–H groups in total. The molecule has 2 aliphatic rings. The van der Waals surface area contributed by atoms with Gasteiger partial charge in [-0.15, -0.1) is 0 Å². The van der Waals surface area contributed by atoms with Gasteiger partial charge in [-0.25, -0.2) is 0 Å². The van der Waals surface area contributed by atoms with Crippen molar-refractivity contribution < 1.29 is 29.1 Å². The fourth-order valence-corrected chi connectivity index (χ4v) is 4.29. The lowest BCUT2D eigenvalue weighted by atomic mass is 10.0. The van der Waals surface area contributed by atoms with Crippen LogP contribution in [0.3, 0.4) is 0 Å². The van der Waals surface area contributed by atoms with Crippen LogP contribution in [-0.4, -0.2) is 58.7 Å². The first-order valence-electron chi connectivity index (χ1n) is 11.4. The van der Waals surface area contributed by atoms with Crippen LogP contribution in [0, 0.1) is 0 Å². The highest BCUT2D eigenvalue weighted by Gasteiger charge is 2.39. The number of hydrogen-bond donors (Lipinski definition) is 4. The average molecular weight is 479 g/mol. The van der Waals surface area contributed by atoms with Crippen LogP contribution in [0.25, 0.3) is 0 Å². The second kappa shape index (κ2) is 10.5. The molecule has 0 aliphatic carbocycles. The number of carbonyl (C=O) groups excluding carboxylic acids is 5. The standard InChI is InChI=1S/C25H26N4O6/c30-14-23(33)26-10-9-15-1-4-18(5-2-15)27-22(32)12-16-3-6-19-17(11-16)13-29(25(19)35)20-7-8-21(31)28-24(20)34/h1-6,11,20,30H,7-10,12-14H2,(H,26,33)(H,27,32)(H,28,31,34). The maximum absolute atomic E-state index is 12.8. The van der Waals surface area contributed by atoms with Crippen LogP contribution in [0.1, 0.15) is 39.9 Å². The van der Waals surface area contributed by atoms with Crippen molar-refractivity contribution in [2.45, 2.75) is 38.3 Å². The molecule has 1 saturated heterocycles. The topological polar surface area (TPSA) is 145 Å². The maximum atomic E-state index is 12.8. The van der Waals surface area contributed by atoms with Gasteiger partial charge < -0.3 is 20.6 Å². The van der Waals surface area contributed by atoms with Crippen LogP contribution in [0.4, 0.5) is 5.69 Å². The Labute approximate surface area is 201 Å². The molecule has 0 aromatic heterocycles. The lowest BCUT2D eigenvalue weighted by Gasteiger charge is -2.29. The molecule has 10 heteroatoms. The van der Waals surface area contributed by atoms with E-state index in [-0.39, 0.29) is 37.1 Å². The van der Waals surface area contributed by atoms with Gasteiger partial charge in [-0.2, -0.15) is 0 Å². The highest BCUT2D eigenvalue weighted by atomic mass is 16.3. The Morgan fingerprint density at radius 1 is 1.03 bits per heavy atom. The molecule has 35 heavy (non-hydrogen) atoms. The third kappa shape index (κ3) is 5.72. The summed E-state index contributed by atoms with van der Waals surface area (Å²) >= 11 is 0. The second-order valence-electron chi connectivity index (χ2n) is 8.57. The van der Waals surface area contributed by atoms with Gasteiger partial charge in [0, 0.05) is 30.8 Å². The Hall–Kier alpha value is -4.05. The molecule has 0 saturated carbocycles.